The summed E-state index contributed by atoms with van der Waals surface area (Å²) in [5.41, 5.74) is 3.71. The molecule has 0 aliphatic heterocycles. The van der Waals surface area contributed by atoms with E-state index in [1.165, 1.54) is 18.2 Å². The molecule has 0 saturated heterocycles. The normalized spacial score (nSPS) is 13.8. The average Bonchev–Trinajstić information content (AvgIpc) is 2.99. The molecule has 2 unspecified atom stereocenters. The van der Waals surface area contributed by atoms with Crippen molar-refractivity contribution < 1.29 is 66.6 Å². The van der Waals surface area contributed by atoms with Gasteiger partial charge in [-0.2, -0.15) is 0 Å². The van der Waals surface area contributed by atoms with Crippen molar-refractivity contribution in [3.63, 3.8) is 0 Å². The van der Waals surface area contributed by atoms with Crippen LogP contribution >= 0.6 is 7.37 Å². The topological polar surface area (TPSA) is 105 Å². The number of hydrogen-bond donors (Lipinski definition) is 1. The van der Waals surface area contributed by atoms with Gasteiger partial charge in [0.25, 0.3) is 0 Å². The maximum atomic E-state index is 14.0. The van der Waals surface area contributed by atoms with Gasteiger partial charge < -0.3 is 28.9 Å². The molecule has 0 bridgehead atoms. The summed E-state index contributed by atoms with van der Waals surface area (Å²) in [5, 5.41) is 20.3. The quantitative estimate of drug-likeness (QED) is 0.270. The number of fused-ring (bicyclic) bond motifs is 1. The van der Waals surface area contributed by atoms with Gasteiger partial charge in [0.1, 0.15) is 5.82 Å². The molecule has 3 rings (SSSR count). The molecule has 0 aliphatic rings. The van der Waals surface area contributed by atoms with Crippen LogP contribution in [0.1, 0.15) is 30.9 Å². The van der Waals surface area contributed by atoms with E-state index in [0.717, 1.165) is 23.3 Å². The summed E-state index contributed by atoms with van der Waals surface area (Å²) in [4.78, 5) is 23.1. The number of carbonyl (C=O) groups excluding carboxylic acids is 1. The van der Waals surface area contributed by atoms with Crippen molar-refractivity contribution in [1.29, 1.82) is 0 Å². The van der Waals surface area contributed by atoms with E-state index in [1.807, 2.05) is 35.7 Å². The second kappa shape index (κ2) is 12.8. The van der Waals surface area contributed by atoms with Crippen LogP contribution in [-0.2, 0) is 15.8 Å². The molecule has 2 heterocycles. The zero-order chi connectivity index (χ0) is 22.6. The van der Waals surface area contributed by atoms with Gasteiger partial charge in [0.2, 0.25) is 0 Å². The summed E-state index contributed by atoms with van der Waals surface area (Å²) < 4.78 is 28.3. The number of aryl methyl sites for hydroxylation is 1. The van der Waals surface area contributed by atoms with E-state index in [9.17, 15) is 28.9 Å². The standard InChI is InChI=1S/C23H25FNO5P.2Li/c1-2-6-19-20(10-12-31(29,30)15-18(26)14-22(27)28)23(16-7-5-8-17(24)13-16)25-11-4-3-9-21(19)25;;/h3-5,7-13,18,26H,2,6,14-15H2,1H3,(H,27,28)(H,29,30);;/q;2*+1/p-2/b12-10-;;. The van der Waals surface area contributed by atoms with Gasteiger partial charge in [0.15, 0.2) is 0 Å². The van der Waals surface area contributed by atoms with Gasteiger partial charge in [-0.3, -0.25) is 0 Å². The van der Waals surface area contributed by atoms with Crippen molar-refractivity contribution in [1.82, 2.24) is 4.40 Å². The molecule has 10 heteroatoms. The number of nitrogens with zero attached hydrogens (tertiary/aromatic N) is 1. The molecule has 6 nitrogen and oxygen atoms in total. The van der Waals surface area contributed by atoms with Gasteiger partial charge in [-0.25, -0.2) is 4.39 Å². The van der Waals surface area contributed by atoms with Crippen molar-refractivity contribution in [2.75, 3.05) is 6.16 Å². The van der Waals surface area contributed by atoms with Gasteiger partial charge in [-0.15, -0.1) is 0 Å². The Kier molecular flexibility index (Phi) is 11.4. The van der Waals surface area contributed by atoms with Crippen LogP contribution in [0.4, 0.5) is 4.39 Å². The van der Waals surface area contributed by atoms with E-state index >= 15 is 0 Å². The van der Waals surface area contributed by atoms with Crippen LogP contribution in [0.15, 0.2) is 54.5 Å². The summed E-state index contributed by atoms with van der Waals surface area (Å²) >= 11 is 0. The van der Waals surface area contributed by atoms with Crippen LogP contribution in [0.3, 0.4) is 0 Å². The summed E-state index contributed by atoms with van der Waals surface area (Å²) in [7, 11) is -4.23. The summed E-state index contributed by atoms with van der Waals surface area (Å²) in [5.74, 6) is -0.925. The molecule has 1 aromatic carbocycles. The molecule has 0 aliphatic carbocycles. The minimum atomic E-state index is -4.23. The smallest absolute Gasteiger partial charge is 0.796 e. The Labute approximate surface area is 216 Å². The van der Waals surface area contributed by atoms with Crippen molar-refractivity contribution in [2.24, 2.45) is 0 Å². The summed E-state index contributed by atoms with van der Waals surface area (Å²) in [6, 6.07) is 11.7. The monoisotopic (exact) mass is 457 g/mol. The maximum Gasteiger partial charge on any atom is 1.00 e. The van der Waals surface area contributed by atoms with E-state index in [4.69, 9.17) is 0 Å². The predicted molar refractivity (Wildman–Crippen MR) is 114 cm³/mol. The van der Waals surface area contributed by atoms with Crippen molar-refractivity contribution in [3.8, 4) is 11.3 Å². The van der Waals surface area contributed by atoms with Crippen LogP contribution in [-0.4, -0.2) is 27.7 Å². The fraction of sp³-hybridized carbons (Fsp3) is 0.261. The van der Waals surface area contributed by atoms with Gasteiger partial charge in [-0.05, 0) is 42.1 Å². The van der Waals surface area contributed by atoms with Gasteiger partial charge in [-0.1, -0.05) is 37.6 Å². The second-order valence-corrected chi connectivity index (χ2v) is 9.53. The molecular formula is C23H23FLi2NO5P. The SMILES string of the molecule is CCCc1c(/C=C\P(=O)([O-])CC(O)CC(=O)[O-])c(-c2cccc(F)c2)n2ccccc12.[Li+].[Li+]. The number of aliphatic carboxylic acids is 1. The molecular weight excluding hydrogens is 434 g/mol. The van der Waals surface area contributed by atoms with Gasteiger partial charge >= 0.3 is 37.7 Å². The van der Waals surface area contributed by atoms with Crippen molar-refractivity contribution in [3.05, 3.63) is 71.4 Å². The number of aliphatic hydroxyl groups is 1. The first-order valence-electron chi connectivity index (χ1n) is 9.96. The molecule has 0 fully saturated rings. The number of benzene rings is 1. The first-order chi connectivity index (χ1) is 14.7. The number of rotatable bonds is 9. The summed E-state index contributed by atoms with van der Waals surface area (Å²) in [6.45, 7) is 2.01. The van der Waals surface area contributed by atoms with Crippen molar-refractivity contribution >= 4 is 24.9 Å². The zero-order valence-electron chi connectivity index (χ0n) is 19.0. The number of halogens is 1. The number of carboxylic acid groups (broad SMARTS) is 1. The molecule has 0 amide bonds. The van der Waals surface area contributed by atoms with Gasteiger partial charge in [0, 0.05) is 48.8 Å². The first-order valence-corrected chi connectivity index (χ1v) is 11.8. The van der Waals surface area contributed by atoms with E-state index in [2.05, 4.69) is 0 Å². The Morgan fingerprint density at radius 3 is 2.61 bits per heavy atom. The first kappa shape index (κ1) is 29.5. The fourth-order valence-corrected chi connectivity index (χ4v) is 4.93. The molecule has 0 spiro atoms. The third-order valence-corrected chi connectivity index (χ3v) is 6.46. The van der Waals surface area contributed by atoms with Gasteiger partial charge in [0.05, 0.1) is 11.8 Å². The summed E-state index contributed by atoms with van der Waals surface area (Å²) in [6.07, 6.45) is 1.78. The second-order valence-electron chi connectivity index (χ2n) is 7.41. The maximum absolute atomic E-state index is 14.0. The molecule has 0 saturated carbocycles. The molecule has 3 aromatic rings. The van der Waals surface area contributed by atoms with Crippen LogP contribution in [0.5, 0.6) is 0 Å². The minimum Gasteiger partial charge on any atom is -0.796 e. The predicted octanol–water partition coefficient (Wildman–Crippen LogP) is -3.18. The van der Waals surface area contributed by atoms with Crippen LogP contribution < -0.4 is 47.7 Å². The molecule has 2 atom stereocenters. The van der Waals surface area contributed by atoms with Crippen LogP contribution in [0.25, 0.3) is 22.9 Å². The fourth-order valence-electron chi connectivity index (χ4n) is 3.72. The molecule has 33 heavy (non-hydrogen) atoms. The number of pyridine rings is 1. The average molecular weight is 457 g/mol. The minimum absolute atomic E-state index is 0. The number of aliphatic hydroxyl groups excluding tert-OH is 1. The van der Waals surface area contributed by atoms with Crippen LogP contribution in [0.2, 0.25) is 0 Å². The molecule has 1 N–H and O–H groups in total. The Balaban J connectivity index is 0.00000272. The third kappa shape index (κ3) is 7.47. The molecule has 164 valence electrons. The van der Waals surface area contributed by atoms with E-state index in [-0.39, 0.29) is 37.7 Å². The number of carboxylic acids is 1. The zero-order valence-corrected chi connectivity index (χ0v) is 19.9. The van der Waals surface area contributed by atoms with Crippen LogP contribution in [0, 0.1) is 5.82 Å². The Morgan fingerprint density at radius 1 is 1.24 bits per heavy atom. The molecule has 0 radical (unpaired) electrons. The largest absolute Gasteiger partial charge is 1.00 e. The number of hydrogen-bond acceptors (Lipinski definition) is 5. The number of aromatic nitrogens is 1. The van der Waals surface area contributed by atoms with E-state index in [0.29, 0.717) is 23.2 Å². The number of carbonyl (C=O) groups is 1. The van der Waals surface area contributed by atoms with Crippen molar-refractivity contribution in [2.45, 2.75) is 32.3 Å². The Bertz CT molecular complexity index is 1180. The third-order valence-electron chi connectivity index (χ3n) is 4.92. The van der Waals surface area contributed by atoms with E-state index in [1.54, 1.807) is 12.1 Å². The Morgan fingerprint density at radius 2 is 1.97 bits per heavy atom. The Hall–Kier alpha value is -1.54. The van der Waals surface area contributed by atoms with E-state index < -0.39 is 37.8 Å². The molecule has 2 aromatic heterocycles.